The summed E-state index contributed by atoms with van der Waals surface area (Å²) in [6, 6.07) is 3.66. The van der Waals surface area contributed by atoms with Crippen LogP contribution in [0.2, 0.25) is 10.0 Å². The molecule has 3 nitrogen and oxygen atoms in total. The molecule has 1 N–H and O–H groups in total. The monoisotopic (exact) mass is 267 g/mol. The first-order chi connectivity index (χ1) is 8.11. The molecule has 0 aliphatic carbocycles. The van der Waals surface area contributed by atoms with Crippen molar-refractivity contribution >= 4 is 29.0 Å². The highest BCUT2D eigenvalue weighted by Gasteiger charge is 2.10. The standard InChI is InChI=1S/C12H11Cl2N3/c1-7-3-8(6-16-5-7)11-9(13)4-10(14)12(15-2)17-11/h3-6H,1-2H3,(H,15,17). The van der Waals surface area contributed by atoms with Crippen molar-refractivity contribution in [2.24, 2.45) is 0 Å². The summed E-state index contributed by atoms with van der Waals surface area (Å²) in [6.45, 7) is 1.97. The number of hydrogen-bond acceptors (Lipinski definition) is 3. The lowest BCUT2D eigenvalue weighted by atomic mass is 10.1. The molecule has 17 heavy (non-hydrogen) atoms. The van der Waals surface area contributed by atoms with Crippen LogP contribution < -0.4 is 5.32 Å². The quantitative estimate of drug-likeness (QED) is 0.900. The van der Waals surface area contributed by atoms with Crippen LogP contribution in [-0.4, -0.2) is 17.0 Å². The van der Waals surface area contributed by atoms with Crippen molar-refractivity contribution in [3.63, 3.8) is 0 Å². The molecule has 0 saturated heterocycles. The lowest BCUT2D eigenvalue weighted by Crippen LogP contribution is -1.96. The minimum Gasteiger partial charge on any atom is -0.372 e. The molecule has 0 aliphatic rings. The van der Waals surface area contributed by atoms with Crippen LogP contribution >= 0.6 is 23.2 Å². The van der Waals surface area contributed by atoms with Gasteiger partial charge in [-0.05, 0) is 24.6 Å². The molecule has 2 aromatic heterocycles. The second-order valence-electron chi connectivity index (χ2n) is 3.65. The molecular formula is C12H11Cl2N3. The summed E-state index contributed by atoms with van der Waals surface area (Å²) < 4.78 is 0. The summed E-state index contributed by atoms with van der Waals surface area (Å²) in [5, 5.41) is 3.94. The molecule has 2 aromatic rings. The zero-order chi connectivity index (χ0) is 12.4. The highest BCUT2D eigenvalue weighted by atomic mass is 35.5. The van der Waals surface area contributed by atoms with Crippen molar-refractivity contribution in [3.8, 4) is 11.3 Å². The first-order valence-electron chi connectivity index (χ1n) is 5.07. The molecule has 0 bridgehead atoms. The van der Waals surface area contributed by atoms with E-state index in [4.69, 9.17) is 23.2 Å². The van der Waals surface area contributed by atoms with Crippen LogP contribution in [0.3, 0.4) is 0 Å². The van der Waals surface area contributed by atoms with Gasteiger partial charge >= 0.3 is 0 Å². The van der Waals surface area contributed by atoms with Gasteiger partial charge in [0.2, 0.25) is 0 Å². The van der Waals surface area contributed by atoms with Crippen LogP contribution in [0.15, 0.2) is 24.5 Å². The SMILES string of the molecule is CNc1nc(-c2cncc(C)c2)c(Cl)cc1Cl. The Morgan fingerprint density at radius 2 is 1.88 bits per heavy atom. The predicted octanol–water partition coefficient (Wildman–Crippen LogP) is 3.80. The Balaban J connectivity index is 2.59. The van der Waals surface area contributed by atoms with Gasteiger partial charge in [-0.25, -0.2) is 4.98 Å². The number of pyridine rings is 2. The van der Waals surface area contributed by atoms with E-state index in [1.54, 1.807) is 25.5 Å². The van der Waals surface area contributed by atoms with Crippen molar-refractivity contribution in [1.29, 1.82) is 0 Å². The molecule has 2 rings (SSSR count). The fraction of sp³-hybridized carbons (Fsp3) is 0.167. The molecule has 0 amide bonds. The number of rotatable bonds is 2. The van der Waals surface area contributed by atoms with Gasteiger partial charge in [-0.2, -0.15) is 0 Å². The molecule has 0 spiro atoms. The maximum Gasteiger partial charge on any atom is 0.145 e. The molecule has 0 aliphatic heterocycles. The van der Waals surface area contributed by atoms with E-state index in [1.165, 1.54) is 0 Å². The molecule has 88 valence electrons. The summed E-state index contributed by atoms with van der Waals surface area (Å²) in [6.07, 6.45) is 3.51. The second kappa shape index (κ2) is 4.90. The lowest BCUT2D eigenvalue weighted by Gasteiger charge is -2.08. The number of nitrogens with one attached hydrogen (secondary N) is 1. The molecule has 5 heteroatoms. The van der Waals surface area contributed by atoms with Gasteiger partial charge in [0, 0.05) is 25.0 Å². The predicted molar refractivity (Wildman–Crippen MR) is 71.8 cm³/mol. The van der Waals surface area contributed by atoms with E-state index >= 15 is 0 Å². The van der Waals surface area contributed by atoms with Gasteiger partial charge in [-0.15, -0.1) is 0 Å². The second-order valence-corrected chi connectivity index (χ2v) is 4.46. The van der Waals surface area contributed by atoms with Gasteiger partial charge in [-0.1, -0.05) is 23.2 Å². The minimum absolute atomic E-state index is 0.502. The number of aromatic nitrogens is 2. The zero-order valence-electron chi connectivity index (χ0n) is 9.46. The average Bonchev–Trinajstić information content (AvgIpc) is 2.29. The fourth-order valence-electron chi connectivity index (χ4n) is 1.53. The summed E-state index contributed by atoms with van der Waals surface area (Å²) in [5.74, 6) is 0.604. The third-order valence-electron chi connectivity index (χ3n) is 2.31. The number of aryl methyl sites for hydroxylation is 1. The Kier molecular flexibility index (Phi) is 3.50. The molecular weight excluding hydrogens is 257 g/mol. The van der Waals surface area contributed by atoms with E-state index in [-0.39, 0.29) is 0 Å². The summed E-state index contributed by atoms with van der Waals surface area (Å²) in [7, 11) is 1.76. The van der Waals surface area contributed by atoms with Gasteiger partial charge in [-0.3, -0.25) is 4.98 Å². The van der Waals surface area contributed by atoms with Gasteiger partial charge in [0.25, 0.3) is 0 Å². The largest absolute Gasteiger partial charge is 0.372 e. The van der Waals surface area contributed by atoms with Crippen molar-refractivity contribution < 1.29 is 0 Å². The van der Waals surface area contributed by atoms with Gasteiger partial charge in [0.05, 0.1) is 15.7 Å². The van der Waals surface area contributed by atoms with Crippen molar-refractivity contribution in [2.45, 2.75) is 6.92 Å². The zero-order valence-corrected chi connectivity index (χ0v) is 11.0. The molecule has 0 unspecified atom stereocenters. The maximum absolute atomic E-state index is 6.14. The summed E-state index contributed by atoms with van der Waals surface area (Å²) >= 11 is 12.1. The van der Waals surface area contributed by atoms with Crippen molar-refractivity contribution in [2.75, 3.05) is 12.4 Å². The first-order valence-corrected chi connectivity index (χ1v) is 5.83. The maximum atomic E-state index is 6.14. The average molecular weight is 268 g/mol. The van der Waals surface area contributed by atoms with E-state index < -0.39 is 0 Å². The Morgan fingerprint density at radius 1 is 1.12 bits per heavy atom. The third-order valence-corrected chi connectivity index (χ3v) is 2.89. The Labute approximate surface area is 110 Å². The Bertz CT molecular complexity index is 555. The molecule has 2 heterocycles. The first kappa shape index (κ1) is 12.1. The molecule has 0 radical (unpaired) electrons. The Hall–Kier alpha value is -1.32. The van der Waals surface area contributed by atoms with Gasteiger partial charge in [0.15, 0.2) is 0 Å². The third kappa shape index (κ3) is 2.51. The normalized spacial score (nSPS) is 10.4. The minimum atomic E-state index is 0.502. The number of nitrogens with zero attached hydrogens (tertiary/aromatic N) is 2. The number of hydrogen-bond donors (Lipinski definition) is 1. The topological polar surface area (TPSA) is 37.8 Å². The van der Waals surface area contributed by atoms with Gasteiger partial charge in [0.1, 0.15) is 5.82 Å². The van der Waals surface area contributed by atoms with Crippen molar-refractivity contribution in [3.05, 3.63) is 40.1 Å². The molecule has 0 saturated carbocycles. The van der Waals surface area contributed by atoms with E-state index in [2.05, 4.69) is 15.3 Å². The van der Waals surface area contributed by atoms with Crippen molar-refractivity contribution in [1.82, 2.24) is 9.97 Å². The number of anilines is 1. The fourth-order valence-corrected chi connectivity index (χ4v) is 2.09. The van der Waals surface area contributed by atoms with Crippen LogP contribution in [0, 0.1) is 6.92 Å². The summed E-state index contributed by atoms with van der Waals surface area (Å²) in [5.41, 5.74) is 2.61. The van der Waals surface area contributed by atoms with E-state index in [0.717, 1.165) is 11.1 Å². The molecule has 0 atom stereocenters. The van der Waals surface area contributed by atoms with Crippen LogP contribution in [0.25, 0.3) is 11.3 Å². The van der Waals surface area contributed by atoms with E-state index in [9.17, 15) is 0 Å². The van der Waals surface area contributed by atoms with E-state index in [0.29, 0.717) is 21.6 Å². The van der Waals surface area contributed by atoms with Crippen LogP contribution in [-0.2, 0) is 0 Å². The highest BCUT2D eigenvalue weighted by molar-refractivity contribution is 6.37. The molecule has 0 aromatic carbocycles. The van der Waals surface area contributed by atoms with Crippen LogP contribution in [0.4, 0.5) is 5.82 Å². The molecule has 0 fully saturated rings. The van der Waals surface area contributed by atoms with E-state index in [1.807, 2.05) is 13.0 Å². The lowest BCUT2D eigenvalue weighted by molar-refractivity contribution is 1.23. The smallest absolute Gasteiger partial charge is 0.145 e. The Morgan fingerprint density at radius 3 is 2.53 bits per heavy atom. The van der Waals surface area contributed by atoms with Crippen LogP contribution in [0.5, 0.6) is 0 Å². The van der Waals surface area contributed by atoms with Gasteiger partial charge < -0.3 is 5.32 Å². The summed E-state index contributed by atoms with van der Waals surface area (Å²) in [4.78, 5) is 8.51. The highest BCUT2D eigenvalue weighted by Crippen LogP contribution is 2.32. The number of halogens is 2. The van der Waals surface area contributed by atoms with Crippen LogP contribution in [0.1, 0.15) is 5.56 Å².